The van der Waals surface area contributed by atoms with E-state index in [2.05, 4.69) is 22.5 Å². The van der Waals surface area contributed by atoms with Crippen LogP contribution in [0.3, 0.4) is 0 Å². The summed E-state index contributed by atoms with van der Waals surface area (Å²) in [6.45, 7) is 6.83. The average molecular weight is 503 g/mol. The predicted molar refractivity (Wildman–Crippen MR) is 115 cm³/mol. The summed E-state index contributed by atoms with van der Waals surface area (Å²) in [4.78, 5) is 4.54. The summed E-state index contributed by atoms with van der Waals surface area (Å²) in [7, 11) is -2.96. The van der Waals surface area contributed by atoms with E-state index >= 15 is 0 Å². The Labute approximate surface area is 175 Å². The SMILES string of the molecule is CCNC(=NCCOCCS(C)(=O)=O)NC1CC(OCC)C12CCC2.I. The van der Waals surface area contributed by atoms with E-state index in [0.717, 1.165) is 25.5 Å². The van der Waals surface area contributed by atoms with Crippen LogP contribution in [0.4, 0.5) is 0 Å². The van der Waals surface area contributed by atoms with Crippen LogP contribution in [0, 0.1) is 5.41 Å². The second-order valence-electron chi connectivity index (χ2n) is 6.97. The third kappa shape index (κ3) is 6.49. The van der Waals surface area contributed by atoms with Gasteiger partial charge in [0, 0.05) is 30.9 Å². The first-order valence-electron chi connectivity index (χ1n) is 9.33. The Hall–Kier alpha value is -0.130. The molecule has 0 bridgehead atoms. The predicted octanol–water partition coefficient (Wildman–Crippen LogP) is 1.57. The Morgan fingerprint density at radius 1 is 1.27 bits per heavy atom. The molecule has 2 fully saturated rings. The normalized spacial score (nSPS) is 24.3. The molecule has 0 amide bonds. The van der Waals surface area contributed by atoms with E-state index < -0.39 is 9.84 Å². The topological polar surface area (TPSA) is 89.0 Å². The molecule has 0 heterocycles. The Morgan fingerprint density at radius 2 is 2.00 bits per heavy atom. The number of aliphatic imine (C=N–C) groups is 1. The third-order valence-corrected chi connectivity index (χ3v) is 6.10. The minimum atomic E-state index is -2.96. The zero-order valence-electron chi connectivity index (χ0n) is 16.1. The summed E-state index contributed by atoms with van der Waals surface area (Å²) < 4.78 is 33.3. The molecule has 1 spiro atoms. The summed E-state index contributed by atoms with van der Waals surface area (Å²) in [5.74, 6) is 0.860. The van der Waals surface area contributed by atoms with Gasteiger partial charge in [0.15, 0.2) is 5.96 Å². The number of rotatable bonds is 10. The number of hydrogen-bond acceptors (Lipinski definition) is 5. The maximum absolute atomic E-state index is 11.0. The quantitative estimate of drug-likeness (QED) is 0.204. The summed E-state index contributed by atoms with van der Waals surface area (Å²) >= 11 is 0. The molecule has 0 aliphatic heterocycles. The van der Waals surface area contributed by atoms with Gasteiger partial charge in [0.1, 0.15) is 9.84 Å². The monoisotopic (exact) mass is 503 g/mol. The fourth-order valence-electron chi connectivity index (χ4n) is 3.66. The molecule has 7 nitrogen and oxygen atoms in total. The molecule has 2 saturated carbocycles. The van der Waals surface area contributed by atoms with Crippen molar-refractivity contribution in [3.05, 3.63) is 0 Å². The van der Waals surface area contributed by atoms with Gasteiger partial charge in [0.05, 0.1) is 31.6 Å². The highest BCUT2D eigenvalue weighted by molar-refractivity contribution is 14.0. The fraction of sp³-hybridized carbons (Fsp3) is 0.941. The molecule has 2 atom stereocenters. The van der Waals surface area contributed by atoms with E-state index in [-0.39, 0.29) is 41.8 Å². The van der Waals surface area contributed by atoms with Gasteiger partial charge in [-0.15, -0.1) is 24.0 Å². The summed E-state index contributed by atoms with van der Waals surface area (Å²) in [6.07, 6.45) is 6.36. The van der Waals surface area contributed by atoms with Crippen molar-refractivity contribution in [2.75, 3.05) is 44.9 Å². The van der Waals surface area contributed by atoms with E-state index in [0.29, 0.717) is 25.3 Å². The van der Waals surface area contributed by atoms with Crippen molar-refractivity contribution >= 4 is 39.8 Å². The Balaban J connectivity index is 0.00000338. The van der Waals surface area contributed by atoms with Crippen molar-refractivity contribution in [3.63, 3.8) is 0 Å². The van der Waals surface area contributed by atoms with E-state index in [1.807, 2.05) is 6.92 Å². The van der Waals surface area contributed by atoms with E-state index in [1.165, 1.54) is 25.5 Å². The van der Waals surface area contributed by atoms with Crippen LogP contribution < -0.4 is 10.6 Å². The van der Waals surface area contributed by atoms with Crippen LogP contribution in [0.5, 0.6) is 0 Å². The molecule has 2 unspecified atom stereocenters. The van der Waals surface area contributed by atoms with Crippen LogP contribution in [0.15, 0.2) is 4.99 Å². The zero-order chi connectivity index (χ0) is 18.3. The highest BCUT2D eigenvalue weighted by Gasteiger charge is 2.59. The molecular formula is C17H34IN3O4S. The second kappa shape index (κ2) is 11.0. The van der Waals surface area contributed by atoms with Gasteiger partial charge in [-0.25, -0.2) is 8.42 Å². The van der Waals surface area contributed by atoms with Crippen molar-refractivity contribution in [3.8, 4) is 0 Å². The van der Waals surface area contributed by atoms with Gasteiger partial charge in [-0.3, -0.25) is 4.99 Å². The molecule has 2 N–H and O–H groups in total. The smallest absolute Gasteiger partial charge is 0.191 e. The molecule has 2 aliphatic carbocycles. The largest absolute Gasteiger partial charge is 0.378 e. The van der Waals surface area contributed by atoms with Crippen LogP contribution in [0.2, 0.25) is 0 Å². The summed E-state index contributed by atoms with van der Waals surface area (Å²) in [6, 6.07) is 0.418. The van der Waals surface area contributed by atoms with Gasteiger partial charge in [-0.2, -0.15) is 0 Å². The van der Waals surface area contributed by atoms with Crippen LogP contribution in [0.25, 0.3) is 0 Å². The number of nitrogens with one attached hydrogen (secondary N) is 2. The van der Waals surface area contributed by atoms with Crippen molar-refractivity contribution in [1.29, 1.82) is 0 Å². The Kier molecular flexibility index (Phi) is 10.1. The highest BCUT2D eigenvalue weighted by Crippen LogP contribution is 2.57. The van der Waals surface area contributed by atoms with Crippen LogP contribution in [-0.2, 0) is 19.3 Å². The zero-order valence-corrected chi connectivity index (χ0v) is 19.3. The van der Waals surface area contributed by atoms with Crippen molar-refractivity contribution in [2.24, 2.45) is 10.4 Å². The molecule has 0 aromatic carbocycles. The van der Waals surface area contributed by atoms with Gasteiger partial charge >= 0.3 is 0 Å². The Bertz CT molecular complexity index is 552. The number of halogens is 1. The average Bonchev–Trinajstić information content (AvgIpc) is 2.46. The minimum Gasteiger partial charge on any atom is -0.378 e. The molecule has 9 heteroatoms. The summed E-state index contributed by atoms with van der Waals surface area (Å²) in [5.41, 5.74) is 0.290. The molecule has 154 valence electrons. The molecule has 0 saturated heterocycles. The molecule has 2 rings (SSSR count). The van der Waals surface area contributed by atoms with Crippen molar-refractivity contribution in [1.82, 2.24) is 10.6 Å². The standard InChI is InChI=1S/C17H33N3O4S.HI/c1-4-18-16(19-9-10-23-11-12-25(3,21)22)20-14-13-15(24-5-2)17(14)7-6-8-17;/h14-15H,4-13H2,1-3H3,(H2,18,19,20);1H. The number of sulfone groups is 1. The summed E-state index contributed by atoms with van der Waals surface area (Å²) in [5, 5.41) is 6.83. The van der Waals surface area contributed by atoms with Crippen molar-refractivity contribution < 1.29 is 17.9 Å². The van der Waals surface area contributed by atoms with E-state index in [9.17, 15) is 8.42 Å². The van der Waals surface area contributed by atoms with E-state index in [1.54, 1.807) is 0 Å². The lowest BCUT2D eigenvalue weighted by Crippen LogP contribution is -2.68. The van der Waals surface area contributed by atoms with Crippen molar-refractivity contribution in [2.45, 2.75) is 51.7 Å². The van der Waals surface area contributed by atoms with Gasteiger partial charge in [0.25, 0.3) is 0 Å². The molecule has 2 aliphatic rings. The number of ether oxygens (including phenoxy) is 2. The molecule has 0 aromatic heterocycles. The first-order valence-corrected chi connectivity index (χ1v) is 11.4. The van der Waals surface area contributed by atoms with Gasteiger partial charge in [0.2, 0.25) is 0 Å². The van der Waals surface area contributed by atoms with E-state index in [4.69, 9.17) is 9.47 Å². The first kappa shape index (κ1) is 23.9. The van der Waals surface area contributed by atoms with Crippen LogP contribution in [-0.4, -0.2) is 71.4 Å². The maximum atomic E-state index is 11.0. The molecule has 0 radical (unpaired) electrons. The lowest BCUT2D eigenvalue weighted by molar-refractivity contribution is -0.168. The lowest BCUT2D eigenvalue weighted by Gasteiger charge is -2.61. The maximum Gasteiger partial charge on any atom is 0.191 e. The number of hydrogen-bond donors (Lipinski definition) is 2. The number of nitrogens with zero attached hydrogens (tertiary/aromatic N) is 1. The Morgan fingerprint density at radius 3 is 2.54 bits per heavy atom. The van der Waals surface area contributed by atoms with Crippen LogP contribution in [0.1, 0.15) is 39.5 Å². The first-order chi connectivity index (χ1) is 11.9. The number of guanidine groups is 1. The third-order valence-electron chi connectivity index (χ3n) is 5.20. The molecular weight excluding hydrogens is 469 g/mol. The molecule has 0 aromatic rings. The minimum absolute atomic E-state index is 0. The lowest BCUT2D eigenvalue weighted by atomic mass is 9.51. The fourth-order valence-corrected chi connectivity index (χ4v) is 4.08. The van der Waals surface area contributed by atoms with Crippen LogP contribution >= 0.6 is 24.0 Å². The van der Waals surface area contributed by atoms with Gasteiger partial charge < -0.3 is 20.1 Å². The molecule has 26 heavy (non-hydrogen) atoms. The highest BCUT2D eigenvalue weighted by atomic mass is 127. The van der Waals surface area contributed by atoms with Gasteiger partial charge in [-0.05, 0) is 33.1 Å². The van der Waals surface area contributed by atoms with Gasteiger partial charge in [-0.1, -0.05) is 6.42 Å². The second-order valence-corrected chi connectivity index (χ2v) is 9.23.